The highest BCUT2D eigenvalue weighted by atomic mass is 16.5. The van der Waals surface area contributed by atoms with Crippen LogP contribution in [0.2, 0.25) is 0 Å². The Bertz CT molecular complexity index is 498. The van der Waals surface area contributed by atoms with Crippen molar-refractivity contribution in [2.24, 2.45) is 11.7 Å². The molecular formula is C15H22N2O3. The average Bonchev–Trinajstić information content (AvgIpc) is 2.39. The van der Waals surface area contributed by atoms with Crippen molar-refractivity contribution in [1.29, 1.82) is 0 Å². The average molecular weight is 278 g/mol. The fourth-order valence-corrected chi connectivity index (χ4v) is 1.89. The van der Waals surface area contributed by atoms with E-state index >= 15 is 0 Å². The number of esters is 1. The SMILES string of the molecule is COC(=O)c1ccc(NC(=O)[C@H](N)CC(C)C)c(C)c1. The van der Waals surface area contributed by atoms with E-state index < -0.39 is 12.0 Å². The summed E-state index contributed by atoms with van der Waals surface area (Å²) >= 11 is 0. The summed E-state index contributed by atoms with van der Waals surface area (Å²) < 4.78 is 4.65. The molecule has 0 fully saturated rings. The van der Waals surface area contributed by atoms with Gasteiger partial charge in [-0.1, -0.05) is 13.8 Å². The molecule has 5 nitrogen and oxygen atoms in total. The van der Waals surface area contributed by atoms with Crippen LogP contribution in [0, 0.1) is 12.8 Å². The molecule has 0 aliphatic rings. The van der Waals surface area contributed by atoms with Gasteiger partial charge in [-0.25, -0.2) is 4.79 Å². The highest BCUT2D eigenvalue weighted by molar-refractivity contribution is 5.96. The molecule has 0 radical (unpaired) electrons. The second-order valence-electron chi connectivity index (χ2n) is 5.25. The summed E-state index contributed by atoms with van der Waals surface area (Å²) in [5.74, 6) is -0.256. The Morgan fingerprint density at radius 2 is 2.00 bits per heavy atom. The van der Waals surface area contributed by atoms with Gasteiger partial charge in [0.2, 0.25) is 5.91 Å². The Labute approximate surface area is 119 Å². The van der Waals surface area contributed by atoms with E-state index in [1.807, 2.05) is 20.8 Å². The molecule has 1 atom stereocenters. The second-order valence-corrected chi connectivity index (χ2v) is 5.25. The van der Waals surface area contributed by atoms with Gasteiger partial charge in [0, 0.05) is 5.69 Å². The predicted molar refractivity (Wildman–Crippen MR) is 78.6 cm³/mol. The molecule has 110 valence electrons. The number of amides is 1. The molecule has 1 rings (SSSR count). The summed E-state index contributed by atoms with van der Waals surface area (Å²) in [6.07, 6.45) is 0.630. The van der Waals surface area contributed by atoms with Crippen molar-refractivity contribution in [3.63, 3.8) is 0 Å². The number of ether oxygens (including phenoxy) is 1. The zero-order chi connectivity index (χ0) is 15.3. The van der Waals surface area contributed by atoms with Crippen LogP contribution in [0.1, 0.15) is 36.2 Å². The summed E-state index contributed by atoms with van der Waals surface area (Å²) in [4.78, 5) is 23.3. The van der Waals surface area contributed by atoms with Gasteiger partial charge >= 0.3 is 5.97 Å². The molecule has 20 heavy (non-hydrogen) atoms. The molecule has 0 heterocycles. The van der Waals surface area contributed by atoms with Crippen LogP contribution in [-0.4, -0.2) is 25.0 Å². The van der Waals surface area contributed by atoms with Crippen LogP contribution in [0.3, 0.4) is 0 Å². The minimum Gasteiger partial charge on any atom is -0.465 e. The fraction of sp³-hybridized carbons (Fsp3) is 0.467. The molecule has 0 unspecified atom stereocenters. The highest BCUT2D eigenvalue weighted by Crippen LogP contribution is 2.18. The van der Waals surface area contributed by atoms with Crippen LogP contribution in [0.4, 0.5) is 5.69 Å². The van der Waals surface area contributed by atoms with Gasteiger partial charge in [0.1, 0.15) is 0 Å². The molecule has 1 aromatic carbocycles. The van der Waals surface area contributed by atoms with E-state index in [1.54, 1.807) is 18.2 Å². The van der Waals surface area contributed by atoms with E-state index in [2.05, 4.69) is 10.1 Å². The molecule has 0 aromatic heterocycles. The number of benzene rings is 1. The van der Waals surface area contributed by atoms with E-state index in [1.165, 1.54) is 7.11 Å². The molecule has 0 bridgehead atoms. The number of nitrogens with two attached hydrogens (primary N) is 1. The summed E-state index contributed by atoms with van der Waals surface area (Å²) in [6, 6.07) is 4.44. The number of hydrogen-bond donors (Lipinski definition) is 2. The normalized spacial score (nSPS) is 12.1. The smallest absolute Gasteiger partial charge is 0.337 e. The molecule has 0 spiro atoms. The van der Waals surface area contributed by atoms with E-state index in [0.717, 1.165) is 5.56 Å². The maximum Gasteiger partial charge on any atom is 0.337 e. The zero-order valence-corrected chi connectivity index (χ0v) is 12.4. The first kappa shape index (κ1) is 16.2. The van der Waals surface area contributed by atoms with Crippen molar-refractivity contribution in [3.8, 4) is 0 Å². The molecule has 1 aromatic rings. The van der Waals surface area contributed by atoms with Crippen LogP contribution in [0.25, 0.3) is 0 Å². The number of carbonyl (C=O) groups is 2. The van der Waals surface area contributed by atoms with E-state index in [4.69, 9.17) is 5.73 Å². The number of methoxy groups -OCH3 is 1. The number of anilines is 1. The van der Waals surface area contributed by atoms with Crippen molar-refractivity contribution in [2.75, 3.05) is 12.4 Å². The van der Waals surface area contributed by atoms with E-state index in [0.29, 0.717) is 23.6 Å². The van der Waals surface area contributed by atoms with Crippen molar-refractivity contribution < 1.29 is 14.3 Å². The van der Waals surface area contributed by atoms with Crippen LogP contribution in [0.15, 0.2) is 18.2 Å². The number of rotatable bonds is 5. The van der Waals surface area contributed by atoms with Crippen LogP contribution in [-0.2, 0) is 9.53 Å². The minimum atomic E-state index is -0.533. The van der Waals surface area contributed by atoms with Crippen LogP contribution >= 0.6 is 0 Å². The molecule has 0 saturated carbocycles. The third-order valence-electron chi connectivity index (χ3n) is 2.97. The lowest BCUT2D eigenvalue weighted by molar-refractivity contribution is -0.117. The lowest BCUT2D eigenvalue weighted by Gasteiger charge is -2.15. The first-order valence-corrected chi connectivity index (χ1v) is 6.60. The van der Waals surface area contributed by atoms with Gasteiger partial charge in [-0.05, 0) is 43.0 Å². The van der Waals surface area contributed by atoms with Crippen LogP contribution in [0.5, 0.6) is 0 Å². The summed E-state index contributed by atoms with van der Waals surface area (Å²) in [5, 5.41) is 2.78. The standard InChI is InChI=1S/C15H22N2O3/c1-9(2)7-12(16)14(18)17-13-6-5-11(8-10(13)3)15(19)20-4/h5-6,8-9,12H,7,16H2,1-4H3,(H,17,18)/t12-/m1/s1. The van der Waals surface area contributed by atoms with Crippen molar-refractivity contribution in [2.45, 2.75) is 33.2 Å². The molecular weight excluding hydrogens is 256 g/mol. The van der Waals surface area contributed by atoms with Gasteiger partial charge in [-0.15, -0.1) is 0 Å². The number of nitrogens with one attached hydrogen (secondary N) is 1. The maximum atomic E-state index is 11.9. The Hall–Kier alpha value is -1.88. The highest BCUT2D eigenvalue weighted by Gasteiger charge is 2.16. The quantitative estimate of drug-likeness (QED) is 0.808. The Morgan fingerprint density at radius 3 is 2.50 bits per heavy atom. The summed E-state index contributed by atoms with van der Waals surface area (Å²) in [5.41, 5.74) is 7.73. The lowest BCUT2D eigenvalue weighted by atomic mass is 10.0. The molecule has 0 aliphatic heterocycles. The molecule has 0 saturated heterocycles. The zero-order valence-electron chi connectivity index (χ0n) is 12.4. The minimum absolute atomic E-state index is 0.215. The lowest BCUT2D eigenvalue weighted by Crippen LogP contribution is -2.36. The summed E-state index contributed by atoms with van der Waals surface area (Å²) in [7, 11) is 1.33. The maximum absolute atomic E-state index is 11.9. The fourth-order valence-electron chi connectivity index (χ4n) is 1.89. The van der Waals surface area contributed by atoms with Gasteiger partial charge < -0.3 is 15.8 Å². The van der Waals surface area contributed by atoms with Gasteiger partial charge in [0.25, 0.3) is 0 Å². The molecule has 3 N–H and O–H groups in total. The Kier molecular flexibility index (Phi) is 5.70. The van der Waals surface area contributed by atoms with Crippen molar-refractivity contribution in [1.82, 2.24) is 0 Å². The largest absolute Gasteiger partial charge is 0.465 e. The topological polar surface area (TPSA) is 81.4 Å². The van der Waals surface area contributed by atoms with E-state index in [9.17, 15) is 9.59 Å². The van der Waals surface area contributed by atoms with Crippen molar-refractivity contribution in [3.05, 3.63) is 29.3 Å². The summed E-state index contributed by atoms with van der Waals surface area (Å²) in [6.45, 7) is 5.85. The molecule has 1 amide bonds. The van der Waals surface area contributed by atoms with Crippen LogP contribution < -0.4 is 11.1 Å². The predicted octanol–water partition coefficient (Wildman–Crippen LogP) is 2.09. The van der Waals surface area contributed by atoms with Gasteiger partial charge in [0.15, 0.2) is 0 Å². The Morgan fingerprint density at radius 1 is 1.35 bits per heavy atom. The first-order chi connectivity index (χ1) is 9.35. The third-order valence-corrected chi connectivity index (χ3v) is 2.97. The van der Waals surface area contributed by atoms with Crippen molar-refractivity contribution >= 4 is 17.6 Å². The molecule has 5 heteroatoms. The second kappa shape index (κ2) is 7.05. The number of carbonyl (C=O) groups excluding carboxylic acids is 2. The van der Waals surface area contributed by atoms with E-state index in [-0.39, 0.29) is 5.91 Å². The third kappa shape index (κ3) is 4.35. The monoisotopic (exact) mass is 278 g/mol. The number of hydrogen-bond acceptors (Lipinski definition) is 4. The van der Waals surface area contributed by atoms with Gasteiger partial charge in [-0.3, -0.25) is 4.79 Å². The van der Waals surface area contributed by atoms with Gasteiger partial charge in [0.05, 0.1) is 18.7 Å². The first-order valence-electron chi connectivity index (χ1n) is 6.60. The number of aryl methyl sites for hydroxylation is 1. The van der Waals surface area contributed by atoms with Gasteiger partial charge in [-0.2, -0.15) is 0 Å². The molecule has 0 aliphatic carbocycles. The Balaban J connectivity index is 2.78.